The first-order valence-electron chi connectivity index (χ1n) is 12.1. The van der Waals surface area contributed by atoms with Crippen molar-refractivity contribution in [3.05, 3.63) is 61.7 Å². The van der Waals surface area contributed by atoms with Crippen LogP contribution in [0.4, 0.5) is 4.39 Å². The van der Waals surface area contributed by atoms with Crippen LogP contribution in [0, 0.1) is 12.7 Å². The number of carbonyl (C=O) groups excluding carboxylic acids is 1. The Balaban J connectivity index is 0.000000569. The lowest BCUT2D eigenvalue weighted by Gasteiger charge is -2.28. The summed E-state index contributed by atoms with van der Waals surface area (Å²) in [5.41, 5.74) is 4.89. The summed E-state index contributed by atoms with van der Waals surface area (Å²) < 4.78 is 25.4. The molecule has 2 unspecified atom stereocenters. The molecule has 1 aromatic carbocycles. The van der Waals surface area contributed by atoms with E-state index in [2.05, 4.69) is 4.74 Å². The van der Waals surface area contributed by atoms with Crippen molar-refractivity contribution in [3.63, 3.8) is 0 Å². The Bertz CT molecular complexity index is 1410. The van der Waals surface area contributed by atoms with Gasteiger partial charge in [0, 0.05) is 49.3 Å². The molecule has 9 heteroatoms. The van der Waals surface area contributed by atoms with E-state index >= 15 is 0 Å². The Morgan fingerprint density at radius 3 is 2.56 bits per heavy atom. The van der Waals surface area contributed by atoms with Gasteiger partial charge >= 0.3 is 5.97 Å². The Morgan fingerprint density at radius 1 is 1.19 bits per heavy atom. The number of rotatable bonds is 1. The van der Waals surface area contributed by atoms with Crippen LogP contribution >= 0.6 is 0 Å². The number of aromatic nitrogens is 2. The molecule has 8 nitrogen and oxygen atoms in total. The summed E-state index contributed by atoms with van der Waals surface area (Å²) in [6.45, 7) is 5.79. The van der Waals surface area contributed by atoms with Crippen molar-refractivity contribution in [1.29, 1.82) is 0 Å². The predicted molar refractivity (Wildman–Crippen MR) is 132 cm³/mol. The summed E-state index contributed by atoms with van der Waals surface area (Å²) in [7, 11) is 3.25. The topological polar surface area (TPSA) is 111 Å². The van der Waals surface area contributed by atoms with Crippen molar-refractivity contribution in [3.8, 4) is 11.4 Å². The molecule has 2 N–H and O–H groups in total. The van der Waals surface area contributed by atoms with Crippen LogP contribution in [0.25, 0.3) is 22.3 Å². The first-order chi connectivity index (χ1) is 17.3. The highest BCUT2D eigenvalue weighted by atomic mass is 19.1. The molecule has 6 rings (SSSR count). The van der Waals surface area contributed by atoms with Crippen LogP contribution in [0.5, 0.6) is 0 Å². The maximum Gasteiger partial charge on any atom is 0.340 e. The minimum absolute atomic E-state index is 0.0514. The zero-order valence-electron chi connectivity index (χ0n) is 21.1. The molecule has 192 valence electrons. The third-order valence-corrected chi connectivity index (χ3v) is 6.99. The number of hydrogen-bond acceptors (Lipinski definition) is 7. The molecule has 0 fully saturated rings. The average molecular weight is 499 g/mol. The van der Waals surface area contributed by atoms with Gasteiger partial charge in [0.15, 0.2) is 6.10 Å². The van der Waals surface area contributed by atoms with Crippen molar-refractivity contribution >= 4 is 16.9 Å². The Hall–Kier alpha value is -3.14. The molecule has 4 heterocycles. The van der Waals surface area contributed by atoms with Crippen LogP contribution in [-0.2, 0) is 33.8 Å². The van der Waals surface area contributed by atoms with E-state index in [9.17, 15) is 24.2 Å². The number of aliphatic hydroxyl groups excluding tert-OH is 2. The van der Waals surface area contributed by atoms with E-state index in [4.69, 9.17) is 9.72 Å². The predicted octanol–water partition coefficient (Wildman–Crippen LogP) is 3.27. The fraction of sp³-hybridized carbons (Fsp3) is 0.444. The number of pyridine rings is 2. The van der Waals surface area contributed by atoms with Crippen molar-refractivity contribution in [1.82, 2.24) is 9.55 Å². The summed E-state index contributed by atoms with van der Waals surface area (Å²) in [5, 5.41) is 21.2. The number of hydrogen-bond donors (Lipinski definition) is 2. The minimum Gasteiger partial charge on any atom is -0.458 e. The molecule has 0 amide bonds. The zero-order chi connectivity index (χ0) is 26.3. The maximum absolute atomic E-state index is 14.6. The number of ether oxygens (including phenoxy) is 2. The number of methoxy groups -OCH3 is 1. The fourth-order valence-corrected chi connectivity index (χ4v) is 5.38. The Labute approximate surface area is 208 Å². The van der Waals surface area contributed by atoms with Crippen LogP contribution in [0.1, 0.15) is 65.7 Å². The minimum atomic E-state index is -1.53. The second-order valence-corrected chi connectivity index (χ2v) is 8.90. The monoisotopic (exact) mass is 498 g/mol. The third-order valence-electron chi connectivity index (χ3n) is 6.99. The van der Waals surface area contributed by atoms with Gasteiger partial charge in [0.1, 0.15) is 12.4 Å². The normalized spacial score (nSPS) is 18.7. The number of halogens is 1. The van der Waals surface area contributed by atoms with Crippen LogP contribution in [0.3, 0.4) is 0 Å². The molecule has 0 bridgehead atoms. The van der Waals surface area contributed by atoms with E-state index in [1.54, 1.807) is 31.8 Å². The summed E-state index contributed by atoms with van der Waals surface area (Å²) in [5.74, 6) is -1.26. The highest BCUT2D eigenvalue weighted by Gasteiger charge is 2.37. The molecule has 0 radical (unpaired) electrons. The van der Waals surface area contributed by atoms with Gasteiger partial charge in [-0.1, -0.05) is 13.8 Å². The van der Waals surface area contributed by atoms with Gasteiger partial charge in [-0.15, -0.1) is 0 Å². The van der Waals surface area contributed by atoms with Gasteiger partial charge < -0.3 is 24.3 Å². The summed E-state index contributed by atoms with van der Waals surface area (Å²) in [6, 6.07) is 3.02. The lowest BCUT2D eigenvalue weighted by atomic mass is 9.78. The number of aliphatic hydroxyl groups is 2. The number of cyclic esters (lactones) is 1. The summed E-state index contributed by atoms with van der Waals surface area (Å²) in [6.07, 6.45) is -0.185. The van der Waals surface area contributed by atoms with E-state index < -0.39 is 12.1 Å². The first kappa shape index (κ1) is 25.9. The van der Waals surface area contributed by atoms with E-state index in [1.165, 1.54) is 6.07 Å². The van der Waals surface area contributed by atoms with Crippen molar-refractivity contribution < 1.29 is 28.9 Å². The van der Waals surface area contributed by atoms with Crippen molar-refractivity contribution in [2.45, 2.75) is 58.8 Å². The molecule has 0 spiro atoms. The van der Waals surface area contributed by atoms with Gasteiger partial charge in [-0.25, -0.2) is 14.2 Å². The van der Waals surface area contributed by atoms with Crippen molar-refractivity contribution in [2.75, 3.05) is 20.8 Å². The molecule has 2 aromatic heterocycles. The average Bonchev–Trinajstić information content (AvgIpc) is 3.25. The number of aryl methyl sites for hydroxylation is 1. The smallest absolute Gasteiger partial charge is 0.340 e. The number of nitrogens with zero attached hydrogens (tertiary/aromatic N) is 2. The molecular formula is C27H31FN2O6. The summed E-state index contributed by atoms with van der Waals surface area (Å²) in [4.78, 5) is 29.7. The van der Waals surface area contributed by atoms with Gasteiger partial charge in [0.2, 0.25) is 0 Å². The molecule has 1 aliphatic carbocycles. The lowest BCUT2D eigenvalue weighted by Crippen LogP contribution is -2.32. The largest absolute Gasteiger partial charge is 0.458 e. The molecule has 0 saturated heterocycles. The van der Waals surface area contributed by atoms with Crippen LogP contribution in [-0.4, -0.2) is 46.6 Å². The SMILES string of the molecule is CC.COC.Cc1c(F)cc2nc3c(c4c2c1CCC4CO)Cn1c-3cc2c(c1=O)COC(=O)C2O. The fourth-order valence-electron chi connectivity index (χ4n) is 5.38. The van der Waals surface area contributed by atoms with E-state index in [1.807, 2.05) is 13.8 Å². The molecule has 36 heavy (non-hydrogen) atoms. The zero-order valence-corrected chi connectivity index (χ0v) is 21.1. The second-order valence-electron chi connectivity index (χ2n) is 8.90. The van der Waals surface area contributed by atoms with Crippen molar-refractivity contribution in [2.24, 2.45) is 0 Å². The van der Waals surface area contributed by atoms with Crippen LogP contribution in [0.2, 0.25) is 0 Å². The van der Waals surface area contributed by atoms with Gasteiger partial charge in [-0.2, -0.15) is 0 Å². The highest BCUT2D eigenvalue weighted by Crippen LogP contribution is 2.45. The molecule has 3 aliphatic rings. The van der Waals surface area contributed by atoms with Gasteiger partial charge in [0.05, 0.1) is 29.0 Å². The molecule has 2 aliphatic heterocycles. The van der Waals surface area contributed by atoms with E-state index in [0.29, 0.717) is 35.3 Å². The van der Waals surface area contributed by atoms with E-state index in [0.717, 1.165) is 22.1 Å². The first-order valence-corrected chi connectivity index (χ1v) is 12.1. The standard InChI is InChI=1S/C23H19FN2O5.C2H6O.C2H6/c1-9-11-3-2-10(7-27)18-13-6-26-17(20(13)25-16(19(11)18)5-15(9)24)4-12-14(22(26)29)8-31-23(30)21(12)28;1-3-2;1-2/h4-5,10,21,27-28H,2-3,6-8H2,1H3;1-2H3;1-2H3. The van der Waals surface area contributed by atoms with E-state index in [-0.39, 0.29) is 48.2 Å². The highest BCUT2D eigenvalue weighted by molar-refractivity contribution is 5.93. The molecule has 2 atom stereocenters. The number of carbonyl (C=O) groups is 1. The summed E-state index contributed by atoms with van der Waals surface area (Å²) >= 11 is 0. The second kappa shape index (κ2) is 10.1. The van der Waals surface area contributed by atoms with Gasteiger partial charge in [-0.05, 0) is 42.5 Å². The van der Waals surface area contributed by atoms with Gasteiger partial charge in [-0.3, -0.25) is 4.79 Å². The van der Waals surface area contributed by atoms with Crippen LogP contribution in [0.15, 0.2) is 16.9 Å². The third kappa shape index (κ3) is 3.82. The Morgan fingerprint density at radius 2 is 1.89 bits per heavy atom. The lowest BCUT2D eigenvalue weighted by molar-refractivity contribution is -0.157. The number of fused-ring (bicyclic) bond motifs is 5. The maximum atomic E-state index is 14.6. The van der Waals surface area contributed by atoms with Crippen LogP contribution < -0.4 is 5.56 Å². The number of esters is 1. The molecular weight excluding hydrogens is 467 g/mol. The number of benzene rings is 1. The molecule has 0 saturated carbocycles. The Kier molecular flexibility index (Phi) is 7.26. The molecule has 3 aromatic rings. The van der Waals surface area contributed by atoms with Gasteiger partial charge in [0.25, 0.3) is 5.56 Å². The quantitative estimate of drug-likeness (QED) is 0.388.